The molecule has 0 atom stereocenters. The SMILES string of the molecule is CCC(=O)n1c(=O)n(Cc2ccc(Cl)c(Cl)c2)c2nc(N)nc(Cl)c21. The van der Waals surface area contributed by atoms with E-state index in [2.05, 4.69) is 9.97 Å². The van der Waals surface area contributed by atoms with Gasteiger partial charge < -0.3 is 5.73 Å². The van der Waals surface area contributed by atoms with E-state index in [9.17, 15) is 9.59 Å². The molecule has 2 N–H and O–H groups in total. The summed E-state index contributed by atoms with van der Waals surface area (Å²) < 4.78 is 2.26. The van der Waals surface area contributed by atoms with Gasteiger partial charge in [0.1, 0.15) is 5.52 Å². The average molecular weight is 401 g/mol. The van der Waals surface area contributed by atoms with E-state index in [0.29, 0.717) is 15.6 Å². The molecule has 1 aromatic carbocycles. The van der Waals surface area contributed by atoms with Gasteiger partial charge in [-0.2, -0.15) is 9.97 Å². The summed E-state index contributed by atoms with van der Waals surface area (Å²) in [6.45, 7) is 1.76. The number of nitrogens with zero attached hydrogens (tertiary/aromatic N) is 4. The Balaban J connectivity index is 2.27. The third-order valence-corrected chi connectivity index (χ3v) is 4.62. The van der Waals surface area contributed by atoms with Crippen molar-refractivity contribution in [3.63, 3.8) is 0 Å². The fourth-order valence-electron chi connectivity index (χ4n) is 2.47. The number of nitrogen functional groups attached to an aromatic ring is 1. The summed E-state index contributed by atoms with van der Waals surface area (Å²) >= 11 is 18.0. The Labute approximate surface area is 156 Å². The first-order chi connectivity index (χ1) is 11.8. The third-order valence-electron chi connectivity index (χ3n) is 3.62. The molecule has 0 fully saturated rings. The van der Waals surface area contributed by atoms with E-state index in [4.69, 9.17) is 40.5 Å². The Bertz CT molecular complexity index is 1060. The van der Waals surface area contributed by atoms with E-state index in [-0.39, 0.29) is 35.2 Å². The molecule has 130 valence electrons. The maximum absolute atomic E-state index is 12.8. The van der Waals surface area contributed by atoms with Gasteiger partial charge in [-0.25, -0.2) is 9.36 Å². The van der Waals surface area contributed by atoms with Crippen LogP contribution < -0.4 is 11.4 Å². The van der Waals surface area contributed by atoms with E-state index >= 15 is 0 Å². The van der Waals surface area contributed by atoms with Gasteiger partial charge in [0.2, 0.25) is 11.9 Å². The Morgan fingerprint density at radius 3 is 2.56 bits per heavy atom. The summed E-state index contributed by atoms with van der Waals surface area (Å²) in [6.07, 6.45) is 0.118. The van der Waals surface area contributed by atoms with Crippen molar-refractivity contribution in [1.82, 2.24) is 19.1 Å². The highest BCUT2D eigenvalue weighted by Gasteiger charge is 2.22. The van der Waals surface area contributed by atoms with Crippen molar-refractivity contribution in [2.24, 2.45) is 0 Å². The zero-order chi connectivity index (χ0) is 18.3. The molecule has 0 aliphatic heterocycles. The van der Waals surface area contributed by atoms with Gasteiger partial charge in [0.15, 0.2) is 10.8 Å². The summed E-state index contributed by atoms with van der Waals surface area (Å²) in [7, 11) is 0. The van der Waals surface area contributed by atoms with Crippen LogP contribution in [0.15, 0.2) is 23.0 Å². The number of fused-ring (bicyclic) bond motifs is 1. The number of nitrogens with two attached hydrogens (primary N) is 1. The Kier molecular flexibility index (Phi) is 4.73. The first-order valence-corrected chi connectivity index (χ1v) is 8.38. The lowest BCUT2D eigenvalue weighted by atomic mass is 10.2. The number of benzene rings is 1. The second-order valence-electron chi connectivity index (χ2n) is 5.24. The van der Waals surface area contributed by atoms with E-state index in [1.165, 1.54) is 4.57 Å². The first kappa shape index (κ1) is 17.7. The molecular weight excluding hydrogens is 389 g/mol. The first-order valence-electron chi connectivity index (χ1n) is 7.24. The standard InChI is InChI=1S/C15H12Cl3N5O2/c1-2-10(24)23-11-12(18)20-14(19)21-13(11)22(15(23)25)6-7-3-4-8(16)9(17)5-7/h3-5H,2,6H2,1H3,(H2,19,20,21). The molecular formula is C15H12Cl3N5O2. The summed E-state index contributed by atoms with van der Waals surface area (Å²) in [4.78, 5) is 32.9. The summed E-state index contributed by atoms with van der Waals surface area (Å²) in [6, 6.07) is 4.97. The van der Waals surface area contributed by atoms with E-state index in [1.54, 1.807) is 25.1 Å². The van der Waals surface area contributed by atoms with Crippen molar-refractivity contribution in [2.75, 3.05) is 5.73 Å². The largest absolute Gasteiger partial charge is 0.368 e. The molecule has 25 heavy (non-hydrogen) atoms. The van der Waals surface area contributed by atoms with Gasteiger partial charge in [0, 0.05) is 6.42 Å². The topological polar surface area (TPSA) is 95.8 Å². The fourth-order valence-corrected chi connectivity index (χ4v) is 3.05. The van der Waals surface area contributed by atoms with E-state index < -0.39 is 11.6 Å². The Hall–Kier alpha value is -2.09. The van der Waals surface area contributed by atoms with Gasteiger partial charge in [-0.1, -0.05) is 47.8 Å². The Morgan fingerprint density at radius 1 is 1.20 bits per heavy atom. The number of hydrogen-bond donors (Lipinski definition) is 1. The number of rotatable bonds is 3. The molecule has 3 aromatic rings. The molecule has 3 rings (SSSR count). The van der Waals surface area contributed by atoms with E-state index in [1.807, 2.05) is 0 Å². The number of imidazole rings is 1. The van der Waals surface area contributed by atoms with Gasteiger partial charge in [0.25, 0.3) is 0 Å². The van der Waals surface area contributed by atoms with Crippen LogP contribution in [-0.4, -0.2) is 25.0 Å². The van der Waals surface area contributed by atoms with Crippen LogP contribution in [0.5, 0.6) is 0 Å². The van der Waals surface area contributed by atoms with Crippen LogP contribution in [0, 0.1) is 0 Å². The molecule has 0 bridgehead atoms. The number of carbonyl (C=O) groups excluding carboxylic acids is 1. The zero-order valence-electron chi connectivity index (χ0n) is 13.0. The highest BCUT2D eigenvalue weighted by atomic mass is 35.5. The lowest BCUT2D eigenvalue weighted by Crippen LogP contribution is -2.29. The van der Waals surface area contributed by atoms with Crippen LogP contribution in [0.3, 0.4) is 0 Å². The van der Waals surface area contributed by atoms with Crippen LogP contribution >= 0.6 is 34.8 Å². The molecule has 0 saturated heterocycles. The van der Waals surface area contributed by atoms with Gasteiger partial charge in [-0.15, -0.1) is 0 Å². The summed E-state index contributed by atoms with van der Waals surface area (Å²) in [5.74, 6) is -0.514. The molecule has 0 spiro atoms. The average Bonchev–Trinajstić information content (AvgIpc) is 2.83. The fraction of sp³-hybridized carbons (Fsp3) is 0.200. The molecule has 7 nitrogen and oxygen atoms in total. The lowest BCUT2D eigenvalue weighted by molar-refractivity contribution is 0.0909. The number of carbonyl (C=O) groups is 1. The van der Waals surface area contributed by atoms with Gasteiger partial charge in [-0.05, 0) is 17.7 Å². The van der Waals surface area contributed by atoms with E-state index in [0.717, 1.165) is 4.57 Å². The highest BCUT2D eigenvalue weighted by molar-refractivity contribution is 6.42. The number of hydrogen-bond acceptors (Lipinski definition) is 5. The number of anilines is 1. The summed E-state index contributed by atoms with van der Waals surface area (Å²) in [5, 5.41) is 0.693. The monoisotopic (exact) mass is 399 g/mol. The van der Waals surface area contributed by atoms with Crippen LogP contribution in [0.2, 0.25) is 15.2 Å². The molecule has 0 aliphatic rings. The second kappa shape index (κ2) is 6.67. The van der Waals surface area contributed by atoms with Gasteiger partial charge >= 0.3 is 5.69 Å². The molecule has 2 aromatic heterocycles. The Morgan fingerprint density at radius 2 is 1.92 bits per heavy atom. The lowest BCUT2D eigenvalue weighted by Gasteiger charge is -2.05. The highest BCUT2D eigenvalue weighted by Crippen LogP contribution is 2.25. The normalized spacial score (nSPS) is 11.2. The van der Waals surface area contributed by atoms with Crippen molar-refractivity contribution in [3.8, 4) is 0 Å². The second-order valence-corrected chi connectivity index (χ2v) is 6.42. The molecule has 0 amide bonds. The molecule has 0 unspecified atom stereocenters. The molecule has 2 heterocycles. The summed E-state index contributed by atoms with van der Waals surface area (Å²) in [5.41, 5.74) is 6.08. The number of aromatic nitrogens is 4. The minimum absolute atomic E-state index is 0.0608. The van der Waals surface area contributed by atoms with Crippen LogP contribution in [0.4, 0.5) is 5.95 Å². The maximum Gasteiger partial charge on any atom is 0.337 e. The molecule has 10 heteroatoms. The molecule has 0 saturated carbocycles. The van der Waals surface area contributed by atoms with Crippen LogP contribution in [0.1, 0.15) is 23.7 Å². The van der Waals surface area contributed by atoms with Crippen molar-refractivity contribution in [1.29, 1.82) is 0 Å². The maximum atomic E-state index is 12.8. The minimum atomic E-state index is -0.574. The van der Waals surface area contributed by atoms with Gasteiger partial charge in [-0.3, -0.25) is 9.36 Å². The predicted octanol–water partition coefficient (Wildman–Crippen LogP) is 3.23. The zero-order valence-corrected chi connectivity index (χ0v) is 15.2. The van der Waals surface area contributed by atoms with Crippen molar-refractivity contribution >= 4 is 57.8 Å². The molecule has 0 aliphatic carbocycles. The quantitative estimate of drug-likeness (QED) is 0.681. The van der Waals surface area contributed by atoms with Crippen molar-refractivity contribution < 1.29 is 4.79 Å². The van der Waals surface area contributed by atoms with Crippen molar-refractivity contribution in [3.05, 3.63) is 49.4 Å². The minimum Gasteiger partial charge on any atom is -0.368 e. The van der Waals surface area contributed by atoms with Crippen LogP contribution in [-0.2, 0) is 6.54 Å². The number of halogens is 3. The molecule has 0 radical (unpaired) electrons. The van der Waals surface area contributed by atoms with Gasteiger partial charge in [0.05, 0.1) is 16.6 Å². The van der Waals surface area contributed by atoms with Crippen LogP contribution in [0.25, 0.3) is 11.2 Å². The third kappa shape index (κ3) is 3.10. The predicted molar refractivity (Wildman–Crippen MR) is 97.7 cm³/mol. The smallest absolute Gasteiger partial charge is 0.337 e. The van der Waals surface area contributed by atoms with Crippen molar-refractivity contribution in [2.45, 2.75) is 19.9 Å².